The normalized spacial score (nSPS) is 21.2. The van der Waals surface area contributed by atoms with Crippen molar-refractivity contribution in [3.05, 3.63) is 0 Å². The predicted octanol–water partition coefficient (Wildman–Crippen LogP) is 0.605. The van der Waals surface area contributed by atoms with Gasteiger partial charge in [0, 0.05) is 20.1 Å². The van der Waals surface area contributed by atoms with Crippen molar-refractivity contribution in [2.75, 3.05) is 26.7 Å². The summed E-state index contributed by atoms with van der Waals surface area (Å²) < 4.78 is 0. The summed E-state index contributed by atoms with van der Waals surface area (Å²) in [5.74, 6) is 0.189. The number of carbonyl (C=O) groups excluding carboxylic acids is 1. The molecule has 4 nitrogen and oxygen atoms in total. The van der Waals surface area contributed by atoms with Gasteiger partial charge in [-0.05, 0) is 33.2 Å². The van der Waals surface area contributed by atoms with Crippen molar-refractivity contribution in [3.63, 3.8) is 0 Å². The fourth-order valence-corrected chi connectivity index (χ4v) is 2.23. The van der Waals surface area contributed by atoms with Gasteiger partial charge in [-0.2, -0.15) is 0 Å². The molecule has 2 N–H and O–H groups in total. The quantitative estimate of drug-likeness (QED) is 0.735. The highest BCUT2D eigenvalue weighted by Gasteiger charge is 2.39. The van der Waals surface area contributed by atoms with Crippen molar-refractivity contribution in [1.82, 2.24) is 9.80 Å². The van der Waals surface area contributed by atoms with E-state index in [4.69, 9.17) is 18.0 Å². The van der Waals surface area contributed by atoms with Crippen molar-refractivity contribution in [2.24, 2.45) is 5.73 Å². The highest BCUT2D eigenvalue weighted by atomic mass is 32.1. The van der Waals surface area contributed by atoms with Crippen LogP contribution in [0.15, 0.2) is 0 Å². The Hall–Kier alpha value is -0.680. The lowest BCUT2D eigenvalue weighted by Crippen LogP contribution is -2.62. The molecule has 16 heavy (non-hydrogen) atoms. The number of hydrogen-bond donors (Lipinski definition) is 1. The standard InChI is InChI=1S/C11H21N3OS/c1-11(2)10(15)13(3)7-8-14(11)6-4-5-9(12)16/h4-8H2,1-3H3,(H2,12,16). The number of thiocarbonyl (C=S) groups is 1. The van der Waals surface area contributed by atoms with Gasteiger partial charge in [-0.15, -0.1) is 0 Å². The summed E-state index contributed by atoms with van der Waals surface area (Å²) in [6.45, 7) is 6.56. The number of carbonyl (C=O) groups is 1. The summed E-state index contributed by atoms with van der Waals surface area (Å²) in [7, 11) is 1.86. The number of likely N-dealkylation sites (N-methyl/N-ethyl adjacent to an activating group) is 1. The van der Waals surface area contributed by atoms with Gasteiger partial charge in [-0.3, -0.25) is 9.69 Å². The van der Waals surface area contributed by atoms with E-state index in [1.165, 1.54) is 0 Å². The van der Waals surface area contributed by atoms with Crippen LogP contribution < -0.4 is 5.73 Å². The maximum absolute atomic E-state index is 12.0. The molecule has 0 aromatic carbocycles. The number of piperazine rings is 1. The van der Waals surface area contributed by atoms with E-state index in [1.807, 2.05) is 20.9 Å². The highest BCUT2D eigenvalue weighted by Crippen LogP contribution is 2.21. The second-order valence-corrected chi connectivity index (χ2v) is 5.37. The molecule has 0 aliphatic carbocycles. The largest absolute Gasteiger partial charge is 0.393 e. The van der Waals surface area contributed by atoms with E-state index in [-0.39, 0.29) is 5.91 Å². The second-order valence-electron chi connectivity index (χ2n) is 4.84. The molecule has 0 aromatic rings. The topological polar surface area (TPSA) is 49.6 Å². The molecule has 1 aliphatic heterocycles. The number of hydrogen-bond acceptors (Lipinski definition) is 3. The molecule has 1 rings (SSSR count). The molecule has 1 amide bonds. The maximum atomic E-state index is 12.0. The maximum Gasteiger partial charge on any atom is 0.242 e. The molecule has 0 atom stereocenters. The van der Waals surface area contributed by atoms with E-state index in [2.05, 4.69) is 4.90 Å². The SMILES string of the molecule is CN1CCN(CCCC(N)=S)C(C)(C)C1=O. The van der Waals surface area contributed by atoms with Gasteiger partial charge in [0.05, 0.1) is 10.5 Å². The van der Waals surface area contributed by atoms with Gasteiger partial charge in [-0.1, -0.05) is 12.2 Å². The Morgan fingerprint density at radius 3 is 2.69 bits per heavy atom. The monoisotopic (exact) mass is 243 g/mol. The summed E-state index contributed by atoms with van der Waals surface area (Å²) >= 11 is 4.85. The van der Waals surface area contributed by atoms with Crippen molar-refractivity contribution in [3.8, 4) is 0 Å². The minimum absolute atomic E-state index is 0.189. The van der Waals surface area contributed by atoms with Crippen LogP contribution in [0.5, 0.6) is 0 Å². The first kappa shape index (κ1) is 13.4. The third-order valence-corrected chi connectivity index (χ3v) is 3.42. The molecule has 5 heteroatoms. The average molecular weight is 243 g/mol. The summed E-state index contributed by atoms with van der Waals surface area (Å²) in [4.78, 5) is 16.6. The van der Waals surface area contributed by atoms with Crippen LogP contribution in [-0.4, -0.2) is 52.9 Å². The van der Waals surface area contributed by atoms with Crippen molar-refractivity contribution in [1.29, 1.82) is 0 Å². The zero-order valence-corrected chi connectivity index (χ0v) is 11.1. The Labute approximate surface area is 103 Å². The third kappa shape index (κ3) is 2.92. The molecule has 0 saturated carbocycles. The summed E-state index contributed by atoms with van der Waals surface area (Å²) in [5, 5.41) is 0. The lowest BCUT2D eigenvalue weighted by atomic mass is 9.97. The van der Waals surface area contributed by atoms with Gasteiger partial charge in [0.25, 0.3) is 0 Å². The number of nitrogens with zero attached hydrogens (tertiary/aromatic N) is 2. The number of amides is 1. The molecule has 0 radical (unpaired) electrons. The van der Waals surface area contributed by atoms with Gasteiger partial charge in [0.15, 0.2) is 0 Å². The van der Waals surface area contributed by atoms with Crippen molar-refractivity contribution in [2.45, 2.75) is 32.2 Å². The molecule has 0 spiro atoms. The molecule has 0 aromatic heterocycles. The molecule has 0 bridgehead atoms. The Morgan fingerprint density at radius 1 is 1.50 bits per heavy atom. The smallest absolute Gasteiger partial charge is 0.242 e. The Morgan fingerprint density at radius 2 is 2.12 bits per heavy atom. The fourth-order valence-electron chi connectivity index (χ4n) is 2.09. The van der Waals surface area contributed by atoms with E-state index in [0.717, 1.165) is 32.5 Å². The average Bonchev–Trinajstić information content (AvgIpc) is 2.18. The Kier molecular flexibility index (Phi) is 4.27. The molecule has 0 unspecified atom stereocenters. The molecule has 1 fully saturated rings. The van der Waals surface area contributed by atoms with Crippen LogP contribution >= 0.6 is 12.2 Å². The molecule has 92 valence electrons. The third-order valence-electron chi connectivity index (χ3n) is 3.22. The van der Waals surface area contributed by atoms with Crippen LogP contribution in [0.25, 0.3) is 0 Å². The van der Waals surface area contributed by atoms with E-state index in [1.54, 1.807) is 4.90 Å². The van der Waals surface area contributed by atoms with Crippen molar-refractivity contribution < 1.29 is 4.79 Å². The van der Waals surface area contributed by atoms with Gasteiger partial charge >= 0.3 is 0 Å². The van der Waals surface area contributed by atoms with Gasteiger partial charge in [0.2, 0.25) is 5.91 Å². The molecular weight excluding hydrogens is 222 g/mol. The molecule has 1 aliphatic rings. The first-order valence-electron chi connectivity index (χ1n) is 5.64. The van der Waals surface area contributed by atoms with E-state index in [0.29, 0.717) is 4.99 Å². The van der Waals surface area contributed by atoms with Crippen LogP contribution in [0.1, 0.15) is 26.7 Å². The van der Waals surface area contributed by atoms with E-state index >= 15 is 0 Å². The fraction of sp³-hybridized carbons (Fsp3) is 0.818. The lowest BCUT2D eigenvalue weighted by molar-refractivity contribution is -0.147. The van der Waals surface area contributed by atoms with Crippen LogP contribution in [0.2, 0.25) is 0 Å². The summed E-state index contributed by atoms with van der Waals surface area (Å²) in [6, 6.07) is 0. The van der Waals surface area contributed by atoms with Gasteiger partial charge in [0.1, 0.15) is 0 Å². The molecule has 1 saturated heterocycles. The lowest BCUT2D eigenvalue weighted by Gasteiger charge is -2.44. The van der Waals surface area contributed by atoms with Crippen LogP contribution in [0.3, 0.4) is 0 Å². The minimum atomic E-state index is -0.400. The van der Waals surface area contributed by atoms with Crippen LogP contribution in [-0.2, 0) is 4.79 Å². The highest BCUT2D eigenvalue weighted by molar-refractivity contribution is 7.80. The van der Waals surface area contributed by atoms with Gasteiger partial charge < -0.3 is 10.6 Å². The van der Waals surface area contributed by atoms with Crippen LogP contribution in [0.4, 0.5) is 0 Å². The summed E-state index contributed by atoms with van der Waals surface area (Å²) in [6.07, 6.45) is 1.68. The first-order valence-corrected chi connectivity index (χ1v) is 6.05. The van der Waals surface area contributed by atoms with Gasteiger partial charge in [-0.25, -0.2) is 0 Å². The predicted molar refractivity (Wildman–Crippen MR) is 69.3 cm³/mol. The van der Waals surface area contributed by atoms with Crippen LogP contribution in [0, 0.1) is 0 Å². The second kappa shape index (κ2) is 5.10. The number of nitrogens with two attached hydrogens (primary N) is 1. The molecular formula is C11H21N3OS. The number of rotatable bonds is 4. The first-order chi connectivity index (χ1) is 7.35. The molecule has 1 heterocycles. The Bertz CT molecular complexity index is 291. The zero-order valence-electron chi connectivity index (χ0n) is 10.3. The minimum Gasteiger partial charge on any atom is -0.393 e. The Balaban J connectivity index is 2.53. The van der Waals surface area contributed by atoms with E-state index < -0.39 is 5.54 Å². The van der Waals surface area contributed by atoms with E-state index in [9.17, 15) is 4.79 Å². The summed E-state index contributed by atoms with van der Waals surface area (Å²) in [5.41, 5.74) is 5.06. The van der Waals surface area contributed by atoms with Crippen molar-refractivity contribution >= 4 is 23.1 Å². The zero-order chi connectivity index (χ0) is 12.3.